The summed E-state index contributed by atoms with van der Waals surface area (Å²) in [7, 11) is 1.75. The van der Waals surface area contributed by atoms with Crippen LogP contribution in [0.5, 0.6) is 0 Å². The molecule has 2 aromatic rings. The third-order valence-corrected chi connectivity index (χ3v) is 5.31. The second kappa shape index (κ2) is 8.95. The summed E-state index contributed by atoms with van der Waals surface area (Å²) in [5.74, 6) is 2.85. The van der Waals surface area contributed by atoms with Gasteiger partial charge in [0.05, 0.1) is 13.2 Å². The first-order valence-electron chi connectivity index (χ1n) is 9.25. The Labute approximate surface area is 161 Å². The van der Waals surface area contributed by atoms with Crippen molar-refractivity contribution in [2.75, 3.05) is 26.7 Å². The highest BCUT2D eigenvalue weighted by molar-refractivity contribution is 5.85. The second-order valence-electron chi connectivity index (χ2n) is 7.11. The lowest BCUT2D eigenvalue weighted by atomic mass is 9.95. The lowest BCUT2D eigenvalue weighted by Crippen LogP contribution is -2.34. The Balaban J connectivity index is 0.00000196. The lowest BCUT2D eigenvalue weighted by molar-refractivity contribution is 0.184. The van der Waals surface area contributed by atoms with Gasteiger partial charge in [-0.3, -0.25) is 4.90 Å². The largest absolute Gasteiger partial charge is 0.380 e. The van der Waals surface area contributed by atoms with Crippen LogP contribution in [0.1, 0.15) is 41.5 Å². The highest BCUT2D eigenvalue weighted by Crippen LogP contribution is 2.28. The molecule has 0 bridgehead atoms. The Kier molecular flexibility index (Phi) is 6.64. The molecule has 3 heterocycles. The van der Waals surface area contributed by atoms with Gasteiger partial charge < -0.3 is 14.6 Å². The van der Waals surface area contributed by atoms with Crippen LogP contribution in [0.2, 0.25) is 0 Å². The van der Waals surface area contributed by atoms with Gasteiger partial charge in [0.2, 0.25) is 0 Å². The van der Waals surface area contributed by atoms with Crippen molar-refractivity contribution >= 4 is 12.4 Å². The molecule has 2 aliphatic rings. The van der Waals surface area contributed by atoms with E-state index in [1.807, 2.05) is 0 Å². The molecule has 1 N–H and O–H groups in total. The highest BCUT2D eigenvalue weighted by Gasteiger charge is 2.26. The van der Waals surface area contributed by atoms with Crippen molar-refractivity contribution in [1.82, 2.24) is 25.0 Å². The number of nitrogens with one attached hydrogen (secondary N) is 1. The topological polar surface area (TPSA) is 55.2 Å². The zero-order valence-corrected chi connectivity index (χ0v) is 16.2. The Bertz CT molecular complexity index is 712. The maximum Gasteiger partial charge on any atom is 0.147 e. The van der Waals surface area contributed by atoms with Crippen molar-refractivity contribution in [3.8, 4) is 0 Å². The van der Waals surface area contributed by atoms with Crippen LogP contribution in [0.3, 0.4) is 0 Å². The van der Waals surface area contributed by atoms with Crippen molar-refractivity contribution in [2.24, 2.45) is 0 Å². The molecule has 2 aliphatic heterocycles. The molecule has 0 saturated carbocycles. The van der Waals surface area contributed by atoms with E-state index in [-0.39, 0.29) is 12.4 Å². The minimum absolute atomic E-state index is 0. The predicted molar refractivity (Wildman–Crippen MR) is 103 cm³/mol. The number of ether oxygens (including phenoxy) is 1. The van der Waals surface area contributed by atoms with E-state index < -0.39 is 0 Å². The number of fused-ring (bicyclic) bond motifs is 1. The zero-order chi connectivity index (χ0) is 17.1. The molecule has 1 aromatic heterocycles. The quantitative estimate of drug-likeness (QED) is 0.866. The Morgan fingerprint density at radius 2 is 1.96 bits per heavy atom. The molecule has 0 aliphatic carbocycles. The van der Waals surface area contributed by atoms with Crippen LogP contribution in [0.4, 0.5) is 0 Å². The van der Waals surface area contributed by atoms with E-state index in [1.165, 1.54) is 29.8 Å². The molecule has 0 radical (unpaired) electrons. The van der Waals surface area contributed by atoms with E-state index in [9.17, 15) is 0 Å². The summed E-state index contributed by atoms with van der Waals surface area (Å²) in [6, 6.07) is 8.74. The van der Waals surface area contributed by atoms with E-state index >= 15 is 0 Å². The molecular formula is C19H28ClN5O. The molecule has 0 amide bonds. The summed E-state index contributed by atoms with van der Waals surface area (Å²) in [4.78, 5) is 2.55. The standard InChI is InChI=1S/C19H27N5O.ClH/c1-25-14-16-4-2-3-15(11-16)13-23-8-5-17(6-9-23)19-22-21-18-12-20-7-10-24(18)19;/h2-4,11,17,20H,5-10,12-14H2,1H3;1H. The van der Waals surface area contributed by atoms with E-state index in [4.69, 9.17) is 4.74 Å². The van der Waals surface area contributed by atoms with Gasteiger partial charge in [-0.05, 0) is 37.1 Å². The Morgan fingerprint density at radius 1 is 1.15 bits per heavy atom. The number of likely N-dealkylation sites (tertiary alicyclic amines) is 1. The summed E-state index contributed by atoms with van der Waals surface area (Å²) in [6.07, 6.45) is 2.34. The number of aromatic nitrogens is 3. The minimum Gasteiger partial charge on any atom is -0.380 e. The van der Waals surface area contributed by atoms with Crippen LogP contribution in [0.25, 0.3) is 0 Å². The Morgan fingerprint density at radius 3 is 2.77 bits per heavy atom. The molecule has 26 heavy (non-hydrogen) atoms. The number of hydrogen-bond acceptors (Lipinski definition) is 5. The summed E-state index contributed by atoms with van der Waals surface area (Å²) in [6.45, 7) is 6.83. The summed E-state index contributed by atoms with van der Waals surface area (Å²) < 4.78 is 7.58. The fourth-order valence-electron chi connectivity index (χ4n) is 4.01. The molecular weight excluding hydrogens is 350 g/mol. The first kappa shape index (κ1) is 19.3. The molecule has 0 unspecified atom stereocenters. The molecule has 1 fully saturated rings. The van der Waals surface area contributed by atoms with Gasteiger partial charge in [0.25, 0.3) is 0 Å². The van der Waals surface area contributed by atoms with E-state index in [0.29, 0.717) is 12.5 Å². The summed E-state index contributed by atoms with van der Waals surface area (Å²) in [5, 5.41) is 12.2. The fourth-order valence-corrected chi connectivity index (χ4v) is 4.01. The van der Waals surface area contributed by atoms with Gasteiger partial charge in [-0.15, -0.1) is 22.6 Å². The first-order chi connectivity index (χ1) is 12.3. The maximum atomic E-state index is 5.24. The Hall–Kier alpha value is -1.47. The van der Waals surface area contributed by atoms with Crippen LogP contribution in [-0.4, -0.2) is 46.4 Å². The second-order valence-corrected chi connectivity index (χ2v) is 7.11. The average molecular weight is 378 g/mol. The average Bonchev–Trinajstić information content (AvgIpc) is 3.07. The summed E-state index contributed by atoms with van der Waals surface area (Å²) >= 11 is 0. The number of halogens is 1. The number of rotatable bonds is 5. The van der Waals surface area contributed by atoms with Gasteiger partial charge >= 0.3 is 0 Å². The number of benzene rings is 1. The maximum absolute atomic E-state index is 5.24. The molecule has 0 spiro atoms. The number of nitrogens with zero attached hydrogens (tertiary/aromatic N) is 4. The smallest absolute Gasteiger partial charge is 0.147 e. The van der Waals surface area contributed by atoms with E-state index in [2.05, 4.69) is 49.2 Å². The molecule has 1 aromatic carbocycles. The van der Waals surface area contributed by atoms with Gasteiger partial charge in [-0.1, -0.05) is 24.3 Å². The first-order valence-corrected chi connectivity index (χ1v) is 9.25. The fraction of sp³-hybridized carbons (Fsp3) is 0.579. The zero-order valence-electron chi connectivity index (χ0n) is 15.4. The number of piperidine rings is 1. The van der Waals surface area contributed by atoms with Crippen LogP contribution >= 0.6 is 12.4 Å². The molecule has 0 atom stereocenters. The van der Waals surface area contributed by atoms with Crippen molar-refractivity contribution in [3.63, 3.8) is 0 Å². The minimum atomic E-state index is 0. The SMILES string of the molecule is COCc1cccc(CN2CCC(c3nnc4n3CCNC4)CC2)c1.Cl. The van der Waals surface area contributed by atoms with Crippen LogP contribution < -0.4 is 5.32 Å². The predicted octanol–water partition coefficient (Wildman–Crippen LogP) is 2.33. The molecule has 4 rings (SSSR count). The van der Waals surface area contributed by atoms with E-state index in [0.717, 1.165) is 45.1 Å². The molecule has 142 valence electrons. The van der Waals surface area contributed by atoms with Crippen molar-refractivity contribution in [2.45, 2.75) is 45.0 Å². The molecule has 6 nitrogen and oxygen atoms in total. The third-order valence-electron chi connectivity index (χ3n) is 5.31. The highest BCUT2D eigenvalue weighted by atomic mass is 35.5. The van der Waals surface area contributed by atoms with Gasteiger partial charge in [0.15, 0.2) is 0 Å². The van der Waals surface area contributed by atoms with Crippen LogP contribution in [0.15, 0.2) is 24.3 Å². The number of methoxy groups -OCH3 is 1. The van der Waals surface area contributed by atoms with Gasteiger partial charge in [0, 0.05) is 32.7 Å². The van der Waals surface area contributed by atoms with Gasteiger partial charge in [-0.25, -0.2) is 0 Å². The van der Waals surface area contributed by atoms with Crippen molar-refractivity contribution in [1.29, 1.82) is 0 Å². The van der Waals surface area contributed by atoms with E-state index in [1.54, 1.807) is 7.11 Å². The lowest BCUT2D eigenvalue weighted by Gasteiger charge is -2.32. The molecule has 1 saturated heterocycles. The monoisotopic (exact) mass is 377 g/mol. The van der Waals surface area contributed by atoms with Gasteiger partial charge in [-0.2, -0.15) is 0 Å². The van der Waals surface area contributed by atoms with Crippen molar-refractivity contribution in [3.05, 3.63) is 47.0 Å². The third kappa shape index (κ3) is 4.26. The number of hydrogen-bond donors (Lipinski definition) is 1. The van der Waals surface area contributed by atoms with Crippen molar-refractivity contribution < 1.29 is 4.74 Å². The van der Waals surface area contributed by atoms with Gasteiger partial charge in [0.1, 0.15) is 11.6 Å². The summed E-state index contributed by atoms with van der Waals surface area (Å²) in [5.41, 5.74) is 2.62. The van der Waals surface area contributed by atoms with Crippen LogP contribution in [0, 0.1) is 0 Å². The molecule has 7 heteroatoms. The normalized spacial score (nSPS) is 18.3. The van der Waals surface area contributed by atoms with Crippen LogP contribution in [-0.2, 0) is 31.0 Å².